The van der Waals surface area contributed by atoms with Crippen LogP contribution < -0.4 is 4.90 Å². The van der Waals surface area contributed by atoms with E-state index < -0.39 is 0 Å². The van der Waals surface area contributed by atoms with Crippen molar-refractivity contribution in [3.05, 3.63) is 52.9 Å². The number of aryl methyl sites for hydroxylation is 3. The number of piperidine rings is 2. The lowest BCUT2D eigenvalue weighted by Crippen LogP contribution is -2.52. The molecule has 29 heavy (non-hydrogen) atoms. The predicted octanol–water partition coefficient (Wildman–Crippen LogP) is 4.18. The van der Waals surface area contributed by atoms with Crippen molar-refractivity contribution in [2.24, 2.45) is 0 Å². The second kappa shape index (κ2) is 7.35. The molecule has 2 aromatic rings. The Labute approximate surface area is 173 Å². The Hall–Kier alpha value is -2.01. The van der Waals surface area contributed by atoms with Crippen molar-refractivity contribution in [3.63, 3.8) is 0 Å². The number of benzene rings is 1. The van der Waals surface area contributed by atoms with Crippen LogP contribution in [0.2, 0.25) is 0 Å². The topological polar surface area (TPSA) is 32.3 Å². The summed E-state index contributed by atoms with van der Waals surface area (Å²) in [5.74, 6) is 0.765. The summed E-state index contributed by atoms with van der Waals surface area (Å²) >= 11 is 0. The van der Waals surface area contributed by atoms with Crippen LogP contribution in [-0.2, 0) is 11.8 Å². The Kier molecular flexibility index (Phi) is 4.81. The largest absolute Gasteiger partial charge is 0.371 e. The highest BCUT2D eigenvalue weighted by atomic mass is 19.1. The zero-order valence-corrected chi connectivity index (χ0v) is 17.6. The van der Waals surface area contributed by atoms with Gasteiger partial charge in [0.25, 0.3) is 0 Å². The van der Waals surface area contributed by atoms with Crippen LogP contribution in [0.15, 0.2) is 24.4 Å². The molecule has 4 nitrogen and oxygen atoms in total. The minimum absolute atomic E-state index is 0.143. The molecule has 2 aliphatic heterocycles. The van der Waals surface area contributed by atoms with Crippen molar-refractivity contribution in [2.45, 2.75) is 63.8 Å². The van der Waals surface area contributed by atoms with Gasteiger partial charge in [-0.1, -0.05) is 0 Å². The maximum atomic E-state index is 13.5. The molecule has 0 amide bonds. The molecule has 3 heterocycles. The van der Waals surface area contributed by atoms with Crippen LogP contribution >= 0.6 is 0 Å². The summed E-state index contributed by atoms with van der Waals surface area (Å²) in [6.45, 7) is 8.50. The minimum Gasteiger partial charge on any atom is -0.371 e. The van der Waals surface area contributed by atoms with Gasteiger partial charge in [-0.3, -0.25) is 4.90 Å². The number of aromatic nitrogens is 2. The van der Waals surface area contributed by atoms with Gasteiger partial charge in [0.15, 0.2) is 0 Å². The summed E-state index contributed by atoms with van der Waals surface area (Å²) in [7, 11) is 0. The second-order valence-corrected chi connectivity index (χ2v) is 9.29. The summed E-state index contributed by atoms with van der Waals surface area (Å²) < 4.78 is 13.5. The third-order valence-corrected chi connectivity index (χ3v) is 7.45. The number of nitrogens with zero attached hydrogens (tertiary/aromatic N) is 4. The van der Waals surface area contributed by atoms with Crippen molar-refractivity contribution in [1.29, 1.82) is 0 Å². The average Bonchev–Trinajstić information content (AvgIpc) is 3.05. The number of rotatable bonds is 2. The van der Waals surface area contributed by atoms with Crippen molar-refractivity contribution in [1.82, 2.24) is 14.9 Å². The first kappa shape index (κ1) is 19.0. The second-order valence-electron chi connectivity index (χ2n) is 9.29. The minimum atomic E-state index is -0.143. The fourth-order valence-corrected chi connectivity index (χ4v) is 5.95. The monoisotopic (exact) mass is 394 g/mol. The molecule has 0 bridgehead atoms. The molecule has 0 radical (unpaired) electrons. The molecule has 1 unspecified atom stereocenters. The van der Waals surface area contributed by atoms with Gasteiger partial charge in [-0.2, -0.15) is 0 Å². The fraction of sp³-hybridized carbons (Fsp3) is 0.583. The van der Waals surface area contributed by atoms with E-state index in [4.69, 9.17) is 4.98 Å². The molecule has 0 saturated carbocycles. The Morgan fingerprint density at radius 2 is 1.93 bits per heavy atom. The number of hydrogen-bond donors (Lipinski definition) is 0. The van der Waals surface area contributed by atoms with Crippen molar-refractivity contribution >= 4 is 5.69 Å². The highest BCUT2D eigenvalue weighted by Gasteiger charge is 2.45. The quantitative estimate of drug-likeness (QED) is 0.765. The molecular weight excluding hydrogens is 363 g/mol. The van der Waals surface area contributed by atoms with Gasteiger partial charge >= 0.3 is 0 Å². The Morgan fingerprint density at radius 1 is 1.10 bits per heavy atom. The number of likely N-dealkylation sites (tertiary alicyclic amines) is 1. The normalized spacial score (nSPS) is 25.6. The van der Waals surface area contributed by atoms with E-state index >= 15 is 0 Å². The van der Waals surface area contributed by atoms with Crippen molar-refractivity contribution < 1.29 is 4.39 Å². The van der Waals surface area contributed by atoms with Gasteiger partial charge in [0, 0.05) is 43.0 Å². The van der Waals surface area contributed by atoms with Gasteiger partial charge in [-0.15, -0.1) is 0 Å². The van der Waals surface area contributed by atoms with Crippen molar-refractivity contribution in [3.8, 4) is 0 Å². The molecule has 1 aromatic carbocycles. The maximum absolute atomic E-state index is 13.5. The lowest BCUT2D eigenvalue weighted by Gasteiger charge is -2.46. The van der Waals surface area contributed by atoms with E-state index in [9.17, 15) is 4.39 Å². The Bertz CT molecular complexity index is 902. The van der Waals surface area contributed by atoms with Crippen molar-refractivity contribution in [2.75, 3.05) is 31.1 Å². The third-order valence-electron chi connectivity index (χ3n) is 7.45. The summed E-state index contributed by atoms with van der Waals surface area (Å²) in [5.41, 5.74) is 5.19. The molecule has 1 spiro atoms. The first-order valence-electron chi connectivity index (χ1n) is 11.1. The molecule has 154 valence electrons. The lowest BCUT2D eigenvalue weighted by atomic mass is 9.76. The van der Waals surface area contributed by atoms with E-state index in [-0.39, 0.29) is 11.2 Å². The third kappa shape index (κ3) is 3.43. The van der Waals surface area contributed by atoms with Gasteiger partial charge < -0.3 is 4.90 Å². The number of halogens is 1. The lowest BCUT2D eigenvalue weighted by molar-refractivity contribution is 0.0860. The fourth-order valence-electron chi connectivity index (χ4n) is 5.95. The summed E-state index contributed by atoms with van der Waals surface area (Å²) in [6.07, 6.45) is 9.32. The standard InChI is InChI=1S/C24H31FN4/c1-17-14-20(25)4-5-22(17)28-12-7-21(8-13-28)29-11-3-9-24(16-29)10-6-19-15-26-18(2)27-23(19)24/h4-5,14-15,21H,3,6-13,16H2,1-2H3. The summed E-state index contributed by atoms with van der Waals surface area (Å²) in [6, 6.07) is 5.83. The molecule has 2 fully saturated rings. The SMILES string of the molecule is Cc1ncc2c(n1)C1(CCCN(C3CCN(c4ccc(F)cc4C)CC3)C1)CC2. The van der Waals surface area contributed by atoms with Crippen LogP contribution in [0.3, 0.4) is 0 Å². The average molecular weight is 395 g/mol. The first-order chi connectivity index (χ1) is 14.0. The zero-order valence-electron chi connectivity index (χ0n) is 17.6. The van der Waals surface area contributed by atoms with E-state index in [1.54, 1.807) is 12.1 Å². The molecule has 3 aliphatic rings. The molecule has 1 aliphatic carbocycles. The van der Waals surface area contributed by atoms with Crippen LogP contribution in [0.5, 0.6) is 0 Å². The molecule has 1 aromatic heterocycles. The van der Waals surface area contributed by atoms with E-state index in [0.29, 0.717) is 6.04 Å². The van der Waals surface area contributed by atoms with Crippen LogP contribution in [0.1, 0.15) is 54.7 Å². The summed E-state index contributed by atoms with van der Waals surface area (Å²) in [4.78, 5) is 14.5. The van der Waals surface area contributed by atoms with Crippen LogP contribution in [0.25, 0.3) is 0 Å². The van der Waals surface area contributed by atoms with E-state index in [2.05, 4.69) is 21.0 Å². The highest BCUT2D eigenvalue weighted by Crippen LogP contribution is 2.44. The van der Waals surface area contributed by atoms with Gasteiger partial charge in [0.2, 0.25) is 0 Å². The van der Waals surface area contributed by atoms with Crippen LogP contribution in [-0.4, -0.2) is 47.1 Å². The zero-order chi connectivity index (χ0) is 20.0. The van der Waals surface area contributed by atoms with Gasteiger partial charge in [-0.25, -0.2) is 14.4 Å². The number of anilines is 1. The van der Waals surface area contributed by atoms with Crippen LogP contribution in [0, 0.1) is 19.7 Å². The van der Waals surface area contributed by atoms with Gasteiger partial charge in [0.1, 0.15) is 11.6 Å². The Balaban J connectivity index is 1.28. The van der Waals surface area contributed by atoms with Crippen LogP contribution in [0.4, 0.5) is 10.1 Å². The maximum Gasteiger partial charge on any atom is 0.125 e. The molecule has 5 heteroatoms. The summed E-state index contributed by atoms with van der Waals surface area (Å²) in [5, 5.41) is 0. The molecule has 2 saturated heterocycles. The van der Waals surface area contributed by atoms with E-state index in [1.807, 2.05) is 19.9 Å². The first-order valence-corrected chi connectivity index (χ1v) is 11.1. The Morgan fingerprint density at radius 3 is 2.72 bits per heavy atom. The molecule has 1 atom stereocenters. The predicted molar refractivity (Wildman–Crippen MR) is 114 cm³/mol. The van der Waals surface area contributed by atoms with E-state index in [1.165, 1.54) is 55.6 Å². The number of fused-ring (bicyclic) bond motifs is 2. The number of hydrogen-bond acceptors (Lipinski definition) is 4. The van der Waals surface area contributed by atoms with Gasteiger partial charge in [0.05, 0.1) is 5.69 Å². The van der Waals surface area contributed by atoms with E-state index in [0.717, 1.165) is 37.4 Å². The smallest absolute Gasteiger partial charge is 0.125 e. The molecular formula is C24H31FN4. The van der Waals surface area contributed by atoms with Gasteiger partial charge in [-0.05, 0) is 88.2 Å². The molecule has 5 rings (SSSR count). The highest BCUT2D eigenvalue weighted by molar-refractivity contribution is 5.53. The molecule has 0 N–H and O–H groups in total.